The van der Waals surface area contributed by atoms with Crippen LogP contribution in [0.2, 0.25) is 10.0 Å². The van der Waals surface area contributed by atoms with E-state index in [2.05, 4.69) is 10.4 Å². The van der Waals surface area contributed by atoms with Gasteiger partial charge in [0.05, 0.1) is 28.6 Å². The Morgan fingerprint density at radius 1 is 1.26 bits per heavy atom. The molecule has 0 fully saturated rings. The van der Waals surface area contributed by atoms with Crippen molar-refractivity contribution in [1.29, 1.82) is 0 Å². The summed E-state index contributed by atoms with van der Waals surface area (Å²) in [6, 6.07) is 12.3. The topological polar surface area (TPSA) is 56.1 Å². The van der Waals surface area contributed by atoms with Crippen LogP contribution in [0.1, 0.15) is 0 Å². The molecule has 0 saturated heterocycles. The number of hydrogen-bond donors (Lipinski definition) is 1. The maximum Gasteiger partial charge on any atom is 0.234 e. The van der Waals surface area contributed by atoms with Crippen LogP contribution in [-0.4, -0.2) is 28.6 Å². The van der Waals surface area contributed by atoms with Gasteiger partial charge in [-0.25, -0.2) is 4.68 Å². The monoisotopic (exact) mass is 457 g/mol. The third-order valence-electron chi connectivity index (χ3n) is 3.38. The second-order valence-corrected chi connectivity index (χ2v) is 8.87. The first-order chi connectivity index (χ1) is 13.0. The highest BCUT2D eigenvalue weighted by Gasteiger charge is 2.11. The smallest absolute Gasteiger partial charge is 0.234 e. The Labute approximate surface area is 179 Å². The van der Waals surface area contributed by atoms with E-state index in [1.165, 1.54) is 23.1 Å². The Kier molecular flexibility index (Phi) is 6.78. The van der Waals surface area contributed by atoms with Crippen molar-refractivity contribution in [3.63, 3.8) is 0 Å². The molecule has 0 atom stereocenters. The first-order valence-corrected chi connectivity index (χ1v) is 10.5. The molecule has 0 spiro atoms. The second kappa shape index (κ2) is 9.07. The van der Waals surface area contributed by atoms with Gasteiger partial charge in [-0.1, -0.05) is 46.3 Å². The quantitative estimate of drug-likeness (QED) is 0.379. The van der Waals surface area contributed by atoms with Crippen molar-refractivity contribution in [2.75, 3.05) is 18.2 Å². The summed E-state index contributed by atoms with van der Waals surface area (Å²) in [7, 11) is 1.59. The van der Waals surface area contributed by atoms with E-state index in [1.807, 2.05) is 0 Å². The van der Waals surface area contributed by atoms with Crippen molar-refractivity contribution in [3.05, 3.63) is 56.5 Å². The van der Waals surface area contributed by atoms with Crippen molar-refractivity contribution < 1.29 is 9.53 Å². The standard InChI is InChI=1S/C17H13Cl2N3O2S3/c1-24-12-5-2-10(3-6-12)20-15(23)9-26-16-21-22(17(25)27-16)11-4-7-13(18)14(19)8-11/h2-8H,9H2,1H3,(H,20,23). The average Bonchev–Trinajstić information content (AvgIpc) is 3.04. The van der Waals surface area contributed by atoms with Gasteiger partial charge in [-0.15, -0.1) is 5.10 Å². The lowest BCUT2D eigenvalue weighted by Crippen LogP contribution is -2.13. The van der Waals surface area contributed by atoms with Crippen LogP contribution < -0.4 is 10.1 Å². The number of halogens is 2. The number of thioether (sulfide) groups is 1. The van der Waals surface area contributed by atoms with Gasteiger partial charge in [0.15, 0.2) is 8.29 Å². The highest BCUT2D eigenvalue weighted by atomic mass is 35.5. The summed E-state index contributed by atoms with van der Waals surface area (Å²) < 4.78 is 7.95. The van der Waals surface area contributed by atoms with Crippen molar-refractivity contribution in [1.82, 2.24) is 9.78 Å². The molecule has 0 radical (unpaired) electrons. The zero-order valence-corrected chi connectivity index (χ0v) is 17.9. The molecule has 0 aliphatic carbocycles. The Hall–Kier alpha value is -1.58. The van der Waals surface area contributed by atoms with Crippen LogP contribution in [0, 0.1) is 3.95 Å². The summed E-state index contributed by atoms with van der Waals surface area (Å²) in [4.78, 5) is 12.1. The van der Waals surface area contributed by atoms with Crippen molar-refractivity contribution in [2.45, 2.75) is 4.34 Å². The number of rotatable bonds is 6. The third kappa shape index (κ3) is 5.24. The minimum Gasteiger partial charge on any atom is -0.497 e. The van der Waals surface area contributed by atoms with Gasteiger partial charge in [-0.05, 0) is 54.7 Å². The van der Waals surface area contributed by atoms with Gasteiger partial charge in [0.25, 0.3) is 0 Å². The van der Waals surface area contributed by atoms with Crippen LogP contribution in [0.4, 0.5) is 5.69 Å². The summed E-state index contributed by atoms with van der Waals surface area (Å²) in [6.07, 6.45) is 0. The molecule has 2 aromatic carbocycles. The maximum absolute atomic E-state index is 12.1. The fraction of sp³-hybridized carbons (Fsp3) is 0.118. The number of carbonyl (C=O) groups is 1. The summed E-state index contributed by atoms with van der Waals surface area (Å²) >= 11 is 20.0. The molecule has 0 saturated carbocycles. The lowest BCUT2D eigenvalue weighted by atomic mass is 10.3. The molecule has 0 aliphatic heterocycles. The molecule has 3 aromatic rings. The molecule has 1 aromatic heterocycles. The van der Waals surface area contributed by atoms with Gasteiger partial charge in [-0.3, -0.25) is 4.79 Å². The third-order valence-corrected chi connectivity index (χ3v) is 6.48. The number of methoxy groups -OCH3 is 1. The lowest BCUT2D eigenvalue weighted by molar-refractivity contribution is -0.113. The van der Waals surface area contributed by atoms with Gasteiger partial charge < -0.3 is 10.1 Å². The number of amides is 1. The molecule has 5 nitrogen and oxygen atoms in total. The highest BCUT2D eigenvalue weighted by molar-refractivity contribution is 8.01. The van der Waals surface area contributed by atoms with E-state index in [9.17, 15) is 4.79 Å². The van der Waals surface area contributed by atoms with Crippen molar-refractivity contribution in [3.8, 4) is 11.4 Å². The Bertz CT molecular complexity index is 1020. The zero-order chi connectivity index (χ0) is 19.4. The van der Waals surface area contributed by atoms with E-state index < -0.39 is 0 Å². The summed E-state index contributed by atoms with van der Waals surface area (Å²) in [5.74, 6) is 0.817. The number of hydrogen-bond acceptors (Lipinski definition) is 6. The van der Waals surface area contributed by atoms with Gasteiger partial charge >= 0.3 is 0 Å². The molecule has 0 unspecified atom stereocenters. The Morgan fingerprint density at radius 2 is 2.00 bits per heavy atom. The van der Waals surface area contributed by atoms with E-state index in [4.69, 9.17) is 40.2 Å². The summed E-state index contributed by atoms with van der Waals surface area (Å²) in [5.41, 5.74) is 1.43. The normalized spacial score (nSPS) is 10.6. The van der Waals surface area contributed by atoms with Crippen LogP contribution >= 0.6 is 58.5 Å². The number of nitrogens with zero attached hydrogens (tertiary/aromatic N) is 2. The fourth-order valence-electron chi connectivity index (χ4n) is 2.10. The predicted molar refractivity (Wildman–Crippen MR) is 115 cm³/mol. The van der Waals surface area contributed by atoms with Crippen LogP contribution in [0.3, 0.4) is 0 Å². The lowest BCUT2D eigenvalue weighted by Gasteiger charge is -2.05. The van der Waals surface area contributed by atoms with Crippen LogP contribution in [0.5, 0.6) is 5.75 Å². The van der Waals surface area contributed by atoms with Gasteiger partial charge in [-0.2, -0.15) is 0 Å². The maximum atomic E-state index is 12.1. The van der Waals surface area contributed by atoms with Crippen LogP contribution in [0.15, 0.2) is 46.8 Å². The van der Waals surface area contributed by atoms with Gasteiger partial charge in [0.2, 0.25) is 5.91 Å². The Balaban J connectivity index is 1.63. The molecule has 0 bridgehead atoms. The number of anilines is 1. The summed E-state index contributed by atoms with van der Waals surface area (Å²) in [5, 5.41) is 8.17. The van der Waals surface area contributed by atoms with Crippen molar-refractivity contribution >= 4 is 70.1 Å². The van der Waals surface area contributed by atoms with Crippen LogP contribution in [-0.2, 0) is 4.79 Å². The predicted octanol–water partition coefficient (Wildman–Crippen LogP) is 5.71. The number of aromatic nitrogens is 2. The zero-order valence-electron chi connectivity index (χ0n) is 13.9. The largest absolute Gasteiger partial charge is 0.497 e. The molecule has 3 rings (SSSR count). The van der Waals surface area contributed by atoms with E-state index in [0.717, 1.165) is 11.4 Å². The van der Waals surface area contributed by atoms with E-state index in [-0.39, 0.29) is 11.7 Å². The first-order valence-electron chi connectivity index (χ1n) is 7.58. The highest BCUT2D eigenvalue weighted by Crippen LogP contribution is 2.28. The molecule has 1 N–H and O–H groups in total. The molecule has 10 heteroatoms. The SMILES string of the molecule is COc1ccc(NC(=O)CSc2nn(-c3ccc(Cl)c(Cl)c3)c(=S)s2)cc1. The number of nitrogens with one attached hydrogen (secondary N) is 1. The molecule has 1 heterocycles. The molecule has 27 heavy (non-hydrogen) atoms. The molecular weight excluding hydrogens is 445 g/mol. The minimum absolute atomic E-state index is 0.132. The van der Waals surface area contributed by atoms with Crippen molar-refractivity contribution in [2.24, 2.45) is 0 Å². The molecule has 140 valence electrons. The molecular formula is C17H13Cl2N3O2S3. The fourth-order valence-corrected chi connectivity index (χ4v) is 4.55. The Morgan fingerprint density at radius 3 is 2.67 bits per heavy atom. The first kappa shape index (κ1) is 20.2. The minimum atomic E-state index is -0.132. The molecule has 0 aliphatic rings. The van der Waals surface area contributed by atoms with Gasteiger partial charge in [0, 0.05) is 5.69 Å². The number of ether oxygens (including phenoxy) is 1. The number of carbonyl (C=O) groups excluding carboxylic acids is 1. The van der Waals surface area contributed by atoms with Crippen LogP contribution in [0.25, 0.3) is 5.69 Å². The van der Waals surface area contributed by atoms with E-state index in [0.29, 0.717) is 24.0 Å². The second-order valence-electron chi connectivity index (χ2n) is 5.21. The van der Waals surface area contributed by atoms with E-state index in [1.54, 1.807) is 54.3 Å². The summed E-state index contributed by atoms with van der Waals surface area (Å²) in [6.45, 7) is 0. The number of benzene rings is 2. The average molecular weight is 458 g/mol. The van der Waals surface area contributed by atoms with Gasteiger partial charge in [0.1, 0.15) is 5.75 Å². The molecule has 1 amide bonds. The van der Waals surface area contributed by atoms with E-state index >= 15 is 0 Å².